The first-order valence-electron chi connectivity index (χ1n) is 11.0. The zero-order chi connectivity index (χ0) is 23.6. The van der Waals surface area contributed by atoms with Crippen LogP contribution in [-0.2, 0) is 26.0 Å². The zero-order valence-corrected chi connectivity index (χ0v) is 19.1. The van der Waals surface area contributed by atoms with Crippen molar-refractivity contribution in [3.05, 3.63) is 60.2 Å². The second-order valence-corrected chi connectivity index (χ2v) is 10.7. The van der Waals surface area contributed by atoms with Gasteiger partial charge in [-0.15, -0.1) is 0 Å². The minimum atomic E-state index is -4.04. The number of hydrogen-bond donors (Lipinski definition) is 3. The second kappa shape index (κ2) is 9.52. The maximum atomic E-state index is 13.0. The highest BCUT2D eigenvalue weighted by Crippen LogP contribution is 2.37. The first-order chi connectivity index (χ1) is 15.8. The van der Waals surface area contributed by atoms with Gasteiger partial charge in [-0.05, 0) is 49.1 Å². The van der Waals surface area contributed by atoms with Gasteiger partial charge in [0.15, 0.2) is 15.1 Å². The molecule has 0 radical (unpaired) electrons. The van der Waals surface area contributed by atoms with Crippen molar-refractivity contribution in [1.29, 1.82) is 0 Å². The summed E-state index contributed by atoms with van der Waals surface area (Å²) in [4.78, 5) is 25.5. The topological polar surface area (TPSA) is 122 Å². The SMILES string of the molecule is COc1ccc(CNC(=O)C2CCC3C(C2)NC(=O)C(S(=O)(=O)c2ccccc2)C3O)cc1. The summed E-state index contributed by atoms with van der Waals surface area (Å²) < 4.78 is 31.2. The van der Waals surface area contributed by atoms with Crippen molar-refractivity contribution in [1.82, 2.24) is 10.6 Å². The molecule has 5 atom stereocenters. The molecule has 5 unspecified atom stereocenters. The van der Waals surface area contributed by atoms with E-state index in [9.17, 15) is 23.1 Å². The molecule has 33 heavy (non-hydrogen) atoms. The molecule has 1 aliphatic carbocycles. The molecule has 2 fully saturated rings. The molecule has 0 aromatic heterocycles. The lowest BCUT2D eigenvalue weighted by molar-refractivity contribution is -0.134. The number of amides is 2. The fourth-order valence-electron chi connectivity index (χ4n) is 4.81. The van der Waals surface area contributed by atoms with Crippen LogP contribution in [0, 0.1) is 11.8 Å². The molecule has 2 aromatic carbocycles. The number of carbonyl (C=O) groups is 2. The first-order valence-corrected chi connectivity index (χ1v) is 12.5. The largest absolute Gasteiger partial charge is 0.497 e. The van der Waals surface area contributed by atoms with E-state index in [1.807, 2.05) is 24.3 Å². The van der Waals surface area contributed by atoms with Crippen LogP contribution in [0.3, 0.4) is 0 Å². The van der Waals surface area contributed by atoms with Crippen LogP contribution in [0.2, 0.25) is 0 Å². The Balaban J connectivity index is 1.39. The van der Waals surface area contributed by atoms with E-state index in [1.54, 1.807) is 25.3 Å². The highest BCUT2D eigenvalue weighted by Gasteiger charge is 2.52. The van der Waals surface area contributed by atoms with Gasteiger partial charge in [-0.3, -0.25) is 9.59 Å². The minimum absolute atomic E-state index is 0.00856. The molecule has 1 saturated carbocycles. The summed E-state index contributed by atoms with van der Waals surface area (Å²) in [6.45, 7) is 0.375. The van der Waals surface area contributed by atoms with Crippen molar-refractivity contribution in [3.63, 3.8) is 0 Å². The fraction of sp³-hybridized carbons (Fsp3) is 0.417. The Labute approximate surface area is 193 Å². The van der Waals surface area contributed by atoms with Crippen LogP contribution in [0.25, 0.3) is 0 Å². The van der Waals surface area contributed by atoms with Crippen LogP contribution in [0.15, 0.2) is 59.5 Å². The van der Waals surface area contributed by atoms with Gasteiger partial charge in [0, 0.05) is 24.4 Å². The van der Waals surface area contributed by atoms with Crippen molar-refractivity contribution in [2.45, 2.75) is 48.1 Å². The number of sulfone groups is 1. The molecule has 2 aromatic rings. The number of hydrogen-bond acceptors (Lipinski definition) is 6. The van der Waals surface area contributed by atoms with E-state index in [2.05, 4.69) is 10.6 Å². The van der Waals surface area contributed by atoms with Crippen molar-refractivity contribution >= 4 is 21.7 Å². The van der Waals surface area contributed by atoms with Crippen molar-refractivity contribution < 1.29 is 27.9 Å². The third kappa shape index (κ3) is 4.74. The molecular weight excluding hydrogens is 444 g/mol. The van der Waals surface area contributed by atoms with Crippen molar-refractivity contribution in [2.24, 2.45) is 11.8 Å². The lowest BCUT2D eigenvalue weighted by Crippen LogP contribution is -2.63. The van der Waals surface area contributed by atoms with E-state index in [0.29, 0.717) is 25.8 Å². The molecule has 0 spiro atoms. The maximum absolute atomic E-state index is 13.0. The molecular formula is C24H28N2O6S. The Hall–Kier alpha value is -2.91. The average molecular weight is 473 g/mol. The van der Waals surface area contributed by atoms with Gasteiger partial charge in [0.1, 0.15) is 5.75 Å². The van der Waals surface area contributed by atoms with Crippen LogP contribution in [0.1, 0.15) is 24.8 Å². The molecule has 1 aliphatic heterocycles. The quantitative estimate of drug-likeness (QED) is 0.585. The number of methoxy groups -OCH3 is 1. The predicted octanol–water partition coefficient (Wildman–Crippen LogP) is 1.43. The van der Waals surface area contributed by atoms with Gasteiger partial charge in [-0.1, -0.05) is 30.3 Å². The lowest BCUT2D eigenvalue weighted by atomic mass is 9.73. The predicted molar refractivity (Wildman–Crippen MR) is 121 cm³/mol. The average Bonchev–Trinajstić information content (AvgIpc) is 2.83. The molecule has 176 valence electrons. The maximum Gasteiger partial charge on any atom is 0.241 e. The summed E-state index contributed by atoms with van der Waals surface area (Å²) in [7, 11) is -2.44. The number of carbonyl (C=O) groups excluding carboxylic acids is 2. The van der Waals surface area contributed by atoms with E-state index in [1.165, 1.54) is 12.1 Å². The van der Waals surface area contributed by atoms with Gasteiger partial charge in [0.05, 0.1) is 18.1 Å². The monoisotopic (exact) mass is 472 g/mol. The fourth-order valence-corrected chi connectivity index (χ4v) is 6.56. The molecule has 3 N–H and O–H groups in total. The highest BCUT2D eigenvalue weighted by atomic mass is 32.2. The number of benzene rings is 2. The highest BCUT2D eigenvalue weighted by molar-refractivity contribution is 7.92. The first kappa shape index (κ1) is 23.3. The van der Waals surface area contributed by atoms with Crippen molar-refractivity contribution in [2.75, 3.05) is 7.11 Å². The normalized spacial score (nSPS) is 27.2. The molecule has 2 amide bonds. The number of piperidine rings is 1. The minimum Gasteiger partial charge on any atom is -0.497 e. The summed E-state index contributed by atoms with van der Waals surface area (Å²) in [5, 5.41) is 15.0. The van der Waals surface area contributed by atoms with E-state index in [-0.39, 0.29) is 16.7 Å². The number of aliphatic hydroxyl groups is 1. The Morgan fingerprint density at radius 2 is 1.82 bits per heavy atom. The molecule has 0 bridgehead atoms. The van der Waals surface area contributed by atoms with E-state index in [4.69, 9.17) is 4.74 Å². The van der Waals surface area contributed by atoms with Gasteiger partial charge in [0.25, 0.3) is 0 Å². The molecule has 4 rings (SSSR count). The van der Waals surface area contributed by atoms with Gasteiger partial charge in [-0.2, -0.15) is 0 Å². The Morgan fingerprint density at radius 3 is 2.48 bits per heavy atom. The van der Waals surface area contributed by atoms with Gasteiger partial charge in [0.2, 0.25) is 11.8 Å². The summed E-state index contributed by atoms with van der Waals surface area (Å²) in [6.07, 6.45) is 0.00561. The summed E-state index contributed by atoms with van der Waals surface area (Å²) >= 11 is 0. The number of ether oxygens (including phenoxy) is 1. The summed E-state index contributed by atoms with van der Waals surface area (Å²) in [6, 6.07) is 14.7. The summed E-state index contributed by atoms with van der Waals surface area (Å²) in [5.41, 5.74) is 0.938. The van der Waals surface area contributed by atoms with Crippen LogP contribution in [-0.4, -0.2) is 49.8 Å². The van der Waals surface area contributed by atoms with Gasteiger partial charge >= 0.3 is 0 Å². The third-order valence-corrected chi connectivity index (χ3v) is 8.73. The van der Waals surface area contributed by atoms with Crippen molar-refractivity contribution in [3.8, 4) is 5.75 Å². The number of nitrogens with one attached hydrogen (secondary N) is 2. The van der Waals surface area contributed by atoms with Crippen LogP contribution in [0.4, 0.5) is 0 Å². The van der Waals surface area contributed by atoms with Gasteiger partial charge < -0.3 is 20.5 Å². The van der Waals surface area contributed by atoms with E-state index in [0.717, 1.165) is 11.3 Å². The third-order valence-electron chi connectivity index (χ3n) is 6.64. The summed E-state index contributed by atoms with van der Waals surface area (Å²) in [5.74, 6) is -0.836. The van der Waals surface area contributed by atoms with Crippen LogP contribution < -0.4 is 15.4 Å². The number of fused-ring (bicyclic) bond motifs is 1. The van der Waals surface area contributed by atoms with Gasteiger partial charge in [-0.25, -0.2) is 8.42 Å². The lowest BCUT2D eigenvalue weighted by Gasteiger charge is -2.44. The standard InChI is InChI=1S/C24H28N2O6S/c1-32-17-10-7-15(8-11-17)14-25-23(28)16-9-12-19-20(13-16)26-24(29)22(21(19)27)33(30,31)18-5-3-2-4-6-18/h2-8,10-11,16,19-22,27H,9,12-14H2,1H3,(H,25,28)(H,26,29). The zero-order valence-electron chi connectivity index (χ0n) is 18.3. The Kier molecular flexibility index (Phi) is 6.71. The number of rotatable bonds is 6. The molecule has 1 heterocycles. The number of aliphatic hydroxyl groups excluding tert-OH is 1. The Bertz CT molecular complexity index is 1100. The molecule has 8 nitrogen and oxygen atoms in total. The van der Waals surface area contributed by atoms with E-state index >= 15 is 0 Å². The second-order valence-electron chi connectivity index (χ2n) is 8.62. The molecule has 9 heteroatoms. The van der Waals surface area contributed by atoms with Crippen LogP contribution >= 0.6 is 0 Å². The van der Waals surface area contributed by atoms with Crippen LogP contribution in [0.5, 0.6) is 5.75 Å². The smallest absolute Gasteiger partial charge is 0.241 e. The molecule has 1 saturated heterocycles. The molecule has 2 aliphatic rings. The van der Waals surface area contributed by atoms with E-state index < -0.39 is 39.1 Å². The Morgan fingerprint density at radius 1 is 1.12 bits per heavy atom.